The van der Waals surface area contributed by atoms with E-state index in [1.165, 1.54) is 11.3 Å². The lowest BCUT2D eigenvalue weighted by Crippen LogP contribution is -1.92. The number of hydrogen-bond acceptors (Lipinski definition) is 4. The summed E-state index contributed by atoms with van der Waals surface area (Å²) in [7, 11) is 0. The highest BCUT2D eigenvalue weighted by Gasteiger charge is 2.14. The van der Waals surface area contributed by atoms with Crippen LogP contribution >= 0.6 is 34.5 Å². The Morgan fingerprint density at radius 3 is 2.68 bits per heavy atom. The van der Waals surface area contributed by atoms with Crippen molar-refractivity contribution in [3.63, 3.8) is 0 Å². The third-order valence-corrected chi connectivity index (χ3v) is 3.62. The molecule has 2 aromatic heterocycles. The summed E-state index contributed by atoms with van der Waals surface area (Å²) in [4.78, 5) is 16.1. The Kier molecular flexibility index (Phi) is 3.18. The fourth-order valence-electron chi connectivity index (χ4n) is 1.66. The monoisotopic (exact) mass is 312 g/mol. The van der Waals surface area contributed by atoms with E-state index in [0.717, 1.165) is 0 Å². The van der Waals surface area contributed by atoms with Crippen molar-refractivity contribution >= 4 is 45.8 Å². The van der Waals surface area contributed by atoms with Crippen LogP contribution in [0.15, 0.2) is 29.8 Å². The summed E-state index contributed by atoms with van der Waals surface area (Å²) in [5.74, 6) is 0.673. The molecule has 2 heterocycles. The molecule has 0 spiro atoms. The molecule has 0 bridgehead atoms. The quantitative estimate of drug-likeness (QED) is 0.677. The average molecular weight is 313 g/mol. The van der Waals surface area contributed by atoms with Crippen LogP contribution in [-0.4, -0.2) is 15.7 Å². The van der Waals surface area contributed by atoms with Crippen molar-refractivity contribution in [2.45, 2.75) is 0 Å². The molecule has 0 radical (unpaired) electrons. The maximum absolute atomic E-state index is 11.1. The van der Waals surface area contributed by atoms with Crippen molar-refractivity contribution in [3.8, 4) is 11.6 Å². The first-order valence-electron chi connectivity index (χ1n) is 5.22. The Hall–Kier alpha value is -1.56. The average Bonchev–Trinajstić information content (AvgIpc) is 2.87. The van der Waals surface area contributed by atoms with Gasteiger partial charge in [-0.2, -0.15) is 4.98 Å². The van der Waals surface area contributed by atoms with Crippen LogP contribution in [0, 0.1) is 0 Å². The Morgan fingerprint density at radius 2 is 2.00 bits per heavy atom. The number of rotatable bonds is 3. The SMILES string of the molecule is O=Cc1c(Oc2cc(Cl)cc(Cl)c2)nc2sccn12. The number of fused-ring (bicyclic) bond motifs is 1. The molecule has 3 rings (SSSR count). The molecule has 0 N–H and O–H groups in total. The highest BCUT2D eigenvalue weighted by molar-refractivity contribution is 7.15. The minimum absolute atomic E-state index is 0.236. The summed E-state index contributed by atoms with van der Waals surface area (Å²) in [6.45, 7) is 0. The molecule has 0 aliphatic carbocycles. The summed E-state index contributed by atoms with van der Waals surface area (Å²) in [6.07, 6.45) is 2.46. The summed E-state index contributed by atoms with van der Waals surface area (Å²) in [5.41, 5.74) is 0.354. The minimum Gasteiger partial charge on any atom is -0.437 e. The molecule has 0 aliphatic rings. The number of ether oxygens (including phenoxy) is 1. The number of carbonyl (C=O) groups excluding carboxylic acids is 1. The van der Waals surface area contributed by atoms with E-state index < -0.39 is 0 Å². The topological polar surface area (TPSA) is 43.6 Å². The fourth-order valence-corrected chi connectivity index (χ4v) is 2.88. The predicted octanol–water partition coefficient (Wildman–Crippen LogP) is 4.31. The summed E-state index contributed by atoms with van der Waals surface area (Å²) in [5, 5.41) is 2.75. The first kappa shape index (κ1) is 12.5. The van der Waals surface area contributed by atoms with Gasteiger partial charge in [0.15, 0.2) is 16.9 Å². The van der Waals surface area contributed by atoms with E-state index in [4.69, 9.17) is 27.9 Å². The van der Waals surface area contributed by atoms with Crippen LogP contribution in [0.4, 0.5) is 0 Å². The number of imidazole rings is 1. The van der Waals surface area contributed by atoms with Crippen LogP contribution < -0.4 is 4.74 Å². The zero-order valence-electron chi connectivity index (χ0n) is 9.34. The largest absolute Gasteiger partial charge is 0.437 e. The van der Waals surface area contributed by atoms with Crippen molar-refractivity contribution < 1.29 is 9.53 Å². The third kappa shape index (κ3) is 2.32. The highest BCUT2D eigenvalue weighted by Crippen LogP contribution is 2.30. The van der Waals surface area contributed by atoms with Crippen molar-refractivity contribution in [2.24, 2.45) is 0 Å². The molecule has 0 amide bonds. The smallest absolute Gasteiger partial charge is 0.250 e. The van der Waals surface area contributed by atoms with Crippen LogP contribution in [-0.2, 0) is 0 Å². The standard InChI is InChI=1S/C12H6Cl2N2O2S/c13-7-3-8(14)5-9(4-7)18-11-10(6-17)16-1-2-19-12(16)15-11/h1-6H. The first-order chi connectivity index (χ1) is 9.17. The molecule has 0 saturated carbocycles. The lowest BCUT2D eigenvalue weighted by molar-refractivity contribution is 0.111. The molecule has 3 aromatic rings. The second-order valence-electron chi connectivity index (χ2n) is 3.68. The van der Waals surface area contributed by atoms with E-state index in [-0.39, 0.29) is 5.88 Å². The van der Waals surface area contributed by atoms with Crippen LogP contribution in [0.1, 0.15) is 10.5 Å². The number of carbonyl (C=O) groups is 1. The van der Waals surface area contributed by atoms with Gasteiger partial charge in [0.25, 0.3) is 0 Å². The van der Waals surface area contributed by atoms with Crippen LogP contribution in [0.2, 0.25) is 10.0 Å². The van der Waals surface area contributed by atoms with Gasteiger partial charge in [0.2, 0.25) is 5.88 Å². The van der Waals surface area contributed by atoms with Gasteiger partial charge in [0, 0.05) is 21.6 Å². The Bertz CT molecular complexity index is 746. The van der Waals surface area contributed by atoms with Gasteiger partial charge in [0.05, 0.1) is 0 Å². The summed E-state index contributed by atoms with van der Waals surface area (Å²) >= 11 is 13.2. The first-order valence-corrected chi connectivity index (χ1v) is 6.85. The van der Waals surface area contributed by atoms with Crippen LogP contribution in [0.3, 0.4) is 0 Å². The lowest BCUT2D eigenvalue weighted by atomic mass is 10.3. The van der Waals surface area contributed by atoms with Gasteiger partial charge < -0.3 is 4.74 Å². The number of hydrogen-bond donors (Lipinski definition) is 0. The van der Waals surface area contributed by atoms with E-state index in [2.05, 4.69) is 4.98 Å². The number of aldehydes is 1. The van der Waals surface area contributed by atoms with Gasteiger partial charge in [-0.1, -0.05) is 23.2 Å². The van der Waals surface area contributed by atoms with E-state index in [9.17, 15) is 4.79 Å². The molecule has 0 aliphatic heterocycles. The van der Waals surface area contributed by atoms with Crippen LogP contribution in [0.25, 0.3) is 4.96 Å². The van der Waals surface area contributed by atoms with Gasteiger partial charge in [-0.25, -0.2) is 0 Å². The van der Waals surface area contributed by atoms with E-state index in [0.29, 0.717) is 32.7 Å². The van der Waals surface area contributed by atoms with Crippen molar-refractivity contribution in [3.05, 3.63) is 45.5 Å². The Labute approximate surface area is 122 Å². The second kappa shape index (κ2) is 4.85. The van der Waals surface area contributed by atoms with Crippen molar-refractivity contribution in [1.82, 2.24) is 9.38 Å². The molecular weight excluding hydrogens is 307 g/mol. The normalized spacial score (nSPS) is 10.8. The number of nitrogens with zero attached hydrogens (tertiary/aromatic N) is 2. The molecule has 0 unspecified atom stereocenters. The van der Waals surface area contributed by atoms with Gasteiger partial charge in [-0.05, 0) is 18.2 Å². The van der Waals surface area contributed by atoms with E-state index in [1.54, 1.807) is 28.8 Å². The van der Waals surface area contributed by atoms with Crippen LogP contribution in [0.5, 0.6) is 11.6 Å². The lowest BCUT2D eigenvalue weighted by Gasteiger charge is -2.04. The van der Waals surface area contributed by atoms with Gasteiger partial charge in [-0.15, -0.1) is 11.3 Å². The van der Waals surface area contributed by atoms with Gasteiger partial charge in [-0.3, -0.25) is 9.20 Å². The molecular formula is C12H6Cl2N2O2S. The van der Waals surface area contributed by atoms with Gasteiger partial charge >= 0.3 is 0 Å². The van der Waals surface area contributed by atoms with Crippen molar-refractivity contribution in [1.29, 1.82) is 0 Å². The molecule has 4 nitrogen and oxygen atoms in total. The second-order valence-corrected chi connectivity index (χ2v) is 5.43. The maximum Gasteiger partial charge on any atom is 0.250 e. The minimum atomic E-state index is 0.236. The molecule has 96 valence electrons. The predicted molar refractivity (Wildman–Crippen MR) is 75.0 cm³/mol. The van der Waals surface area contributed by atoms with E-state index >= 15 is 0 Å². The summed E-state index contributed by atoms with van der Waals surface area (Å²) in [6, 6.07) is 4.81. The van der Waals surface area contributed by atoms with Gasteiger partial charge in [0.1, 0.15) is 5.75 Å². The number of halogens is 2. The third-order valence-electron chi connectivity index (χ3n) is 2.43. The molecule has 0 fully saturated rings. The molecule has 7 heteroatoms. The highest BCUT2D eigenvalue weighted by atomic mass is 35.5. The summed E-state index contributed by atoms with van der Waals surface area (Å²) < 4.78 is 7.25. The van der Waals surface area contributed by atoms with Crippen molar-refractivity contribution in [2.75, 3.05) is 0 Å². The number of benzene rings is 1. The molecule has 0 saturated heterocycles. The Morgan fingerprint density at radius 1 is 1.26 bits per heavy atom. The Balaban J connectivity index is 2.04. The molecule has 1 aromatic carbocycles. The van der Waals surface area contributed by atoms with E-state index in [1.807, 2.05) is 5.38 Å². The zero-order chi connectivity index (χ0) is 13.4. The maximum atomic E-state index is 11.1. The molecule has 19 heavy (non-hydrogen) atoms. The number of thiazole rings is 1. The molecule has 0 atom stereocenters. The zero-order valence-corrected chi connectivity index (χ0v) is 11.7. The fraction of sp³-hybridized carbons (Fsp3) is 0. The number of aromatic nitrogens is 2.